The first kappa shape index (κ1) is 15.0. The molecule has 4 nitrogen and oxygen atoms in total. The molecular formula is C13H19BrN2O2. The summed E-state index contributed by atoms with van der Waals surface area (Å²) in [5.41, 5.74) is 6.88. The molecule has 0 saturated heterocycles. The Hall–Kier alpha value is -1.07. The van der Waals surface area contributed by atoms with Gasteiger partial charge in [0.25, 0.3) is 5.91 Å². The van der Waals surface area contributed by atoms with E-state index in [9.17, 15) is 4.79 Å². The van der Waals surface area contributed by atoms with Crippen LogP contribution < -0.4 is 11.1 Å². The van der Waals surface area contributed by atoms with Gasteiger partial charge < -0.3 is 15.8 Å². The molecule has 0 radical (unpaired) electrons. The van der Waals surface area contributed by atoms with Gasteiger partial charge in [0.05, 0.1) is 6.10 Å². The molecule has 1 aromatic carbocycles. The van der Waals surface area contributed by atoms with Crippen LogP contribution in [-0.4, -0.2) is 25.2 Å². The molecule has 0 aliphatic heterocycles. The van der Waals surface area contributed by atoms with Crippen molar-refractivity contribution < 1.29 is 9.53 Å². The molecule has 0 aliphatic carbocycles. The summed E-state index contributed by atoms with van der Waals surface area (Å²) < 4.78 is 6.12. The number of amides is 1. The predicted octanol–water partition coefficient (Wildman–Crippen LogP) is 2.58. The number of nitrogens with one attached hydrogen (secondary N) is 1. The van der Waals surface area contributed by atoms with E-state index < -0.39 is 0 Å². The van der Waals surface area contributed by atoms with Gasteiger partial charge in [0.1, 0.15) is 0 Å². The molecule has 3 N–H and O–H groups in total. The zero-order chi connectivity index (χ0) is 13.5. The Labute approximate surface area is 116 Å². The predicted molar refractivity (Wildman–Crippen MR) is 76.6 cm³/mol. The van der Waals surface area contributed by atoms with Crippen LogP contribution in [0.1, 0.15) is 30.6 Å². The minimum absolute atomic E-state index is 0.0970. The van der Waals surface area contributed by atoms with Crippen LogP contribution in [0.3, 0.4) is 0 Å². The summed E-state index contributed by atoms with van der Waals surface area (Å²) in [6.45, 7) is 5.24. The molecule has 0 fully saturated rings. The second-order valence-corrected chi connectivity index (χ2v) is 5.12. The SMILES string of the molecule is CC(C)OCCCNC(=O)c1ccc(N)c(Br)c1. The third-order valence-electron chi connectivity index (χ3n) is 2.32. The zero-order valence-corrected chi connectivity index (χ0v) is 12.3. The van der Waals surface area contributed by atoms with Gasteiger partial charge in [0, 0.05) is 28.9 Å². The van der Waals surface area contributed by atoms with Crippen LogP contribution in [0.2, 0.25) is 0 Å². The lowest BCUT2D eigenvalue weighted by Gasteiger charge is -2.08. The van der Waals surface area contributed by atoms with Gasteiger partial charge in [-0.15, -0.1) is 0 Å². The van der Waals surface area contributed by atoms with Gasteiger partial charge in [0.2, 0.25) is 0 Å². The molecule has 0 aliphatic rings. The number of carbonyl (C=O) groups is 1. The quantitative estimate of drug-likeness (QED) is 0.626. The Kier molecular flexibility index (Phi) is 6.15. The average molecular weight is 315 g/mol. The normalized spacial score (nSPS) is 10.7. The summed E-state index contributed by atoms with van der Waals surface area (Å²) in [6, 6.07) is 5.14. The van der Waals surface area contributed by atoms with Crippen LogP contribution in [0, 0.1) is 0 Å². The lowest BCUT2D eigenvalue weighted by atomic mass is 10.2. The van der Waals surface area contributed by atoms with Gasteiger partial charge in [-0.1, -0.05) is 0 Å². The Morgan fingerprint density at radius 2 is 2.22 bits per heavy atom. The Bertz CT molecular complexity index is 408. The standard InChI is InChI=1S/C13H19BrN2O2/c1-9(2)18-7-3-6-16-13(17)10-4-5-12(15)11(14)8-10/h4-5,8-9H,3,6-7,15H2,1-2H3,(H,16,17). The van der Waals surface area contributed by atoms with Gasteiger partial charge >= 0.3 is 0 Å². The molecular weight excluding hydrogens is 296 g/mol. The maximum atomic E-state index is 11.8. The molecule has 0 unspecified atom stereocenters. The number of nitrogen functional groups attached to an aromatic ring is 1. The van der Waals surface area contributed by atoms with Crippen molar-refractivity contribution in [2.24, 2.45) is 0 Å². The monoisotopic (exact) mass is 314 g/mol. The zero-order valence-electron chi connectivity index (χ0n) is 10.7. The fourth-order valence-corrected chi connectivity index (χ4v) is 1.74. The van der Waals surface area contributed by atoms with Gasteiger partial charge in [-0.05, 0) is 54.4 Å². The van der Waals surface area contributed by atoms with Crippen molar-refractivity contribution in [3.05, 3.63) is 28.2 Å². The third kappa shape index (κ3) is 5.06. The van der Waals surface area contributed by atoms with E-state index in [1.807, 2.05) is 13.8 Å². The summed E-state index contributed by atoms with van der Waals surface area (Å²) in [7, 11) is 0. The number of halogens is 1. The van der Waals surface area contributed by atoms with Crippen LogP contribution in [0.5, 0.6) is 0 Å². The van der Waals surface area contributed by atoms with Crippen molar-refractivity contribution in [1.29, 1.82) is 0 Å². The van der Waals surface area contributed by atoms with E-state index in [1.54, 1.807) is 18.2 Å². The Balaban J connectivity index is 2.34. The van der Waals surface area contributed by atoms with E-state index >= 15 is 0 Å². The molecule has 1 aromatic rings. The molecule has 0 saturated carbocycles. The van der Waals surface area contributed by atoms with Gasteiger partial charge in [-0.2, -0.15) is 0 Å². The maximum absolute atomic E-state index is 11.8. The molecule has 0 aromatic heterocycles. The smallest absolute Gasteiger partial charge is 0.251 e. The van der Waals surface area contributed by atoms with E-state index in [0.29, 0.717) is 24.4 Å². The van der Waals surface area contributed by atoms with E-state index in [2.05, 4.69) is 21.2 Å². The van der Waals surface area contributed by atoms with Gasteiger partial charge in [-0.25, -0.2) is 0 Å². The van der Waals surface area contributed by atoms with E-state index in [4.69, 9.17) is 10.5 Å². The summed E-state index contributed by atoms with van der Waals surface area (Å²) in [6.07, 6.45) is 1.04. The lowest BCUT2D eigenvalue weighted by Crippen LogP contribution is -2.25. The molecule has 5 heteroatoms. The van der Waals surface area contributed by atoms with E-state index in [0.717, 1.165) is 10.9 Å². The molecule has 1 amide bonds. The van der Waals surface area contributed by atoms with Gasteiger partial charge in [0.15, 0.2) is 0 Å². The largest absolute Gasteiger partial charge is 0.398 e. The summed E-state index contributed by atoms with van der Waals surface area (Å²) in [5.74, 6) is -0.0970. The maximum Gasteiger partial charge on any atom is 0.251 e. The number of hydrogen-bond donors (Lipinski definition) is 2. The molecule has 0 spiro atoms. The highest BCUT2D eigenvalue weighted by atomic mass is 79.9. The highest BCUT2D eigenvalue weighted by Crippen LogP contribution is 2.20. The minimum atomic E-state index is -0.0970. The second-order valence-electron chi connectivity index (χ2n) is 4.27. The highest BCUT2D eigenvalue weighted by Gasteiger charge is 2.06. The number of anilines is 1. The van der Waals surface area contributed by atoms with Crippen LogP contribution in [0.25, 0.3) is 0 Å². The fourth-order valence-electron chi connectivity index (χ4n) is 1.36. The summed E-state index contributed by atoms with van der Waals surface area (Å²) >= 11 is 3.30. The van der Waals surface area contributed by atoms with Crippen molar-refractivity contribution in [3.63, 3.8) is 0 Å². The first-order chi connectivity index (χ1) is 8.50. The Morgan fingerprint density at radius 3 is 2.83 bits per heavy atom. The van der Waals surface area contributed by atoms with Crippen LogP contribution >= 0.6 is 15.9 Å². The number of rotatable bonds is 6. The van der Waals surface area contributed by atoms with Crippen LogP contribution in [0.15, 0.2) is 22.7 Å². The van der Waals surface area contributed by atoms with Crippen molar-refractivity contribution in [3.8, 4) is 0 Å². The number of hydrogen-bond acceptors (Lipinski definition) is 3. The molecule has 18 heavy (non-hydrogen) atoms. The average Bonchev–Trinajstić information content (AvgIpc) is 2.31. The number of carbonyl (C=O) groups excluding carboxylic acids is 1. The molecule has 0 bridgehead atoms. The fraction of sp³-hybridized carbons (Fsp3) is 0.462. The second kappa shape index (κ2) is 7.38. The number of ether oxygens (including phenoxy) is 1. The summed E-state index contributed by atoms with van der Waals surface area (Å²) in [5, 5.41) is 2.84. The van der Waals surface area contributed by atoms with Crippen molar-refractivity contribution in [2.45, 2.75) is 26.4 Å². The van der Waals surface area contributed by atoms with E-state index in [1.165, 1.54) is 0 Å². The van der Waals surface area contributed by atoms with Gasteiger partial charge in [-0.3, -0.25) is 4.79 Å². The highest BCUT2D eigenvalue weighted by molar-refractivity contribution is 9.10. The van der Waals surface area contributed by atoms with Crippen molar-refractivity contribution >= 4 is 27.5 Å². The van der Waals surface area contributed by atoms with Crippen LogP contribution in [-0.2, 0) is 4.74 Å². The topological polar surface area (TPSA) is 64.3 Å². The van der Waals surface area contributed by atoms with Crippen molar-refractivity contribution in [1.82, 2.24) is 5.32 Å². The van der Waals surface area contributed by atoms with Crippen LogP contribution in [0.4, 0.5) is 5.69 Å². The molecule has 0 heterocycles. The third-order valence-corrected chi connectivity index (χ3v) is 3.01. The lowest BCUT2D eigenvalue weighted by molar-refractivity contribution is 0.0757. The minimum Gasteiger partial charge on any atom is -0.398 e. The first-order valence-electron chi connectivity index (χ1n) is 5.95. The van der Waals surface area contributed by atoms with E-state index in [-0.39, 0.29) is 12.0 Å². The number of nitrogens with two attached hydrogens (primary N) is 1. The number of benzene rings is 1. The molecule has 100 valence electrons. The molecule has 1 rings (SSSR count). The molecule has 0 atom stereocenters. The summed E-state index contributed by atoms with van der Waals surface area (Å²) in [4.78, 5) is 11.8. The Morgan fingerprint density at radius 1 is 1.50 bits per heavy atom. The first-order valence-corrected chi connectivity index (χ1v) is 6.75. The van der Waals surface area contributed by atoms with Crippen molar-refractivity contribution in [2.75, 3.05) is 18.9 Å².